The van der Waals surface area contributed by atoms with Gasteiger partial charge in [-0.2, -0.15) is 0 Å². The highest BCUT2D eigenvalue weighted by molar-refractivity contribution is 6.24. The van der Waals surface area contributed by atoms with Crippen LogP contribution in [0.25, 0.3) is 0 Å². The fourth-order valence-corrected chi connectivity index (χ4v) is 5.93. The molecule has 0 aromatic carbocycles. The molecule has 0 aromatic heterocycles. The van der Waals surface area contributed by atoms with Gasteiger partial charge >= 0.3 is 5.97 Å². The number of ketones is 3. The number of aliphatic hydroxyl groups is 3. The molecule has 2 bridgehead atoms. The lowest BCUT2D eigenvalue weighted by atomic mass is 9.40. The Bertz CT molecular complexity index is 1210. The Morgan fingerprint density at radius 1 is 0.972 bits per heavy atom. The molecule has 0 spiro atoms. The molecule has 4 aliphatic rings. The summed E-state index contributed by atoms with van der Waals surface area (Å²) in [5.74, 6) is -8.17. The second kappa shape index (κ2) is 9.17. The summed E-state index contributed by atoms with van der Waals surface area (Å²) < 4.78 is 5.59. The highest BCUT2D eigenvalue weighted by atomic mass is 16.6. The largest absolute Gasteiger partial charge is 0.508 e. The van der Waals surface area contributed by atoms with Crippen LogP contribution in [0.5, 0.6) is 0 Å². The Morgan fingerprint density at radius 3 is 2.03 bits per heavy atom. The molecule has 1 heterocycles. The van der Waals surface area contributed by atoms with Crippen molar-refractivity contribution in [3.63, 3.8) is 0 Å². The normalized spacial score (nSPS) is 38.4. The molecular formula is C28H32O8. The van der Waals surface area contributed by atoms with E-state index >= 15 is 0 Å². The van der Waals surface area contributed by atoms with Gasteiger partial charge in [0.1, 0.15) is 22.5 Å². The van der Waals surface area contributed by atoms with Crippen molar-refractivity contribution in [2.24, 2.45) is 23.2 Å². The second-order valence-corrected chi connectivity index (χ2v) is 9.93. The van der Waals surface area contributed by atoms with E-state index in [1.807, 2.05) is 0 Å². The molecule has 1 unspecified atom stereocenters. The third kappa shape index (κ3) is 3.63. The molecule has 3 fully saturated rings. The van der Waals surface area contributed by atoms with Crippen LogP contribution in [-0.2, 0) is 23.9 Å². The zero-order valence-corrected chi connectivity index (χ0v) is 21.2. The topological polar surface area (TPSA) is 138 Å². The van der Waals surface area contributed by atoms with E-state index in [4.69, 9.17) is 4.74 Å². The molecule has 6 atom stereocenters. The summed E-state index contributed by atoms with van der Waals surface area (Å²) in [6.07, 6.45) is 12.0. The Hall–Kier alpha value is -3.52. The molecule has 8 nitrogen and oxygen atoms in total. The molecule has 0 aromatic rings. The van der Waals surface area contributed by atoms with Gasteiger partial charge in [0.25, 0.3) is 0 Å². The molecule has 3 aliphatic carbocycles. The van der Waals surface area contributed by atoms with E-state index in [0.29, 0.717) is 0 Å². The fraction of sp³-hybridized carbons (Fsp3) is 0.429. The maximum absolute atomic E-state index is 13.8. The highest BCUT2D eigenvalue weighted by Gasteiger charge is 2.77. The van der Waals surface area contributed by atoms with Crippen LogP contribution in [-0.4, -0.2) is 49.8 Å². The van der Waals surface area contributed by atoms with E-state index in [9.17, 15) is 34.5 Å². The van der Waals surface area contributed by atoms with Gasteiger partial charge in [-0.25, -0.2) is 4.79 Å². The second-order valence-electron chi connectivity index (χ2n) is 9.93. The van der Waals surface area contributed by atoms with Gasteiger partial charge in [-0.3, -0.25) is 14.4 Å². The van der Waals surface area contributed by atoms with Gasteiger partial charge in [-0.15, -0.1) is 0 Å². The summed E-state index contributed by atoms with van der Waals surface area (Å²) in [6.45, 7) is 8.72. The SMILES string of the molecule is C/C=C/C=C/C(=O)[C@@H]1[C@@H]([C@]2(C)OC(=O)C(C)=C2O)[C@H]2C(=C(O)/C=C/C=C/C)C(=O)[C@]1(C)C(=O)C2(C)O. The lowest BCUT2D eigenvalue weighted by Gasteiger charge is -2.60. The van der Waals surface area contributed by atoms with Crippen molar-refractivity contribution in [1.82, 2.24) is 0 Å². The molecule has 36 heavy (non-hydrogen) atoms. The standard InChI is InChI=1S/C28H32O8/c1-7-9-11-13-16(29)18-20-21(28(6)22(31)15(3)24(33)36-28)19(17(30)14-12-10-8-2)26(4,23(18)32)25(34)27(20,5)35/h7-14,19-21,29,31,35H,1-6H3/b9-7+,10-8+,13-11+,14-12+,18-16?/t19-,20-,21-,26-,27?,28+/m1/s1. The molecule has 8 heteroatoms. The molecule has 4 rings (SSSR count). The quantitative estimate of drug-likeness (QED) is 0.167. The van der Waals surface area contributed by atoms with Gasteiger partial charge in [-0.05, 0) is 53.7 Å². The first-order chi connectivity index (χ1) is 16.7. The van der Waals surface area contributed by atoms with Crippen LogP contribution in [0, 0.1) is 23.2 Å². The molecule has 0 saturated heterocycles. The minimum absolute atomic E-state index is 0.0835. The van der Waals surface area contributed by atoms with Crippen LogP contribution < -0.4 is 0 Å². The van der Waals surface area contributed by atoms with Crippen LogP contribution >= 0.6 is 0 Å². The van der Waals surface area contributed by atoms with Crippen molar-refractivity contribution < 1.29 is 39.2 Å². The number of allylic oxidation sites excluding steroid dienone is 8. The van der Waals surface area contributed by atoms with E-state index in [2.05, 4.69) is 0 Å². The predicted molar refractivity (Wildman–Crippen MR) is 132 cm³/mol. The summed E-state index contributed by atoms with van der Waals surface area (Å²) in [7, 11) is 0. The first-order valence-corrected chi connectivity index (χ1v) is 11.7. The minimum atomic E-state index is -2.22. The van der Waals surface area contributed by atoms with E-state index in [1.165, 1.54) is 52.0 Å². The number of ether oxygens (including phenoxy) is 1. The maximum atomic E-state index is 13.8. The zero-order valence-electron chi connectivity index (χ0n) is 21.2. The van der Waals surface area contributed by atoms with Crippen LogP contribution in [0.3, 0.4) is 0 Å². The lowest BCUT2D eigenvalue weighted by Crippen LogP contribution is -2.75. The van der Waals surface area contributed by atoms with E-state index < -0.39 is 69.2 Å². The van der Waals surface area contributed by atoms with Gasteiger partial charge in [0.05, 0.1) is 5.57 Å². The Kier molecular flexibility index (Phi) is 6.89. The first kappa shape index (κ1) is 27.1. The molecule has 0 radical (unpaired) electrons. The number of cyclic esters (lactones) is 1. The van der Waals surface area contributed by atoms with Gasteiger partial charge in [0.2, 0.25) is 0 Å². The molecular weight excluding hydrogens is 464 g/mol. The van der Waals surface area contributed by atoms with Crippen molar-refractivity contribution in [2.45, 2.75) is 52.7 Å². The number of rotatable bonds is 6. The summed E-state index contributed by atoms with van der Waals surface area (Å²) in [4.78, 5) is 53.5. The van der Waals surface area contributed by atoms with E-state index in [-0.39, 0.29) is 11.1 Å². The number of aliphatic hydroxyl groups excluding tert-OH is 2. The van der Waals surface area contributed by atoms with Crippen LogP contribution in [0.4, 0.5) is 0 Å². The van der Waals surface area contributed by atoms with Crippen molar-refractivity contribution in [3.8, 4) is 0 Å². The summed E-state index contributed by atoms with van der Waals surface area (Å²) in [5.41, 5.74) is -6.53. The molecule has 1 aliphatic heterocycles. The third-order valence-corrected chi connectivity index (χ3v) is 7.68. The van der Waals surface area contributed by atoms with Crippen molar-refractivity contribution in [3.05, 3.63) is 71.3 Å². The summed E-state index contributed by atoms with van der Waals surface area (Å²) in [6, 6.07) is 0. The Morgan fingerprint density at radius 2 is 1.53 bits per heavy atom. The van der Waals surface area contributed by atoms with Gasteiger partial charge in [-0.1, -0.05) is 36.5 Å². The predicted octanol–water partition coefficient (Wildman–Crippen LogP) is 3.55. The average Bonchev–Trinajstić information content (AvgIpc) is 3.01. The van der Waals surface area contributed by atoms with Crippen molar-refractivity contribution in [1.29, 1.82) is 0 Å². The zero-order chi connectivity index (χ0) is 27.2. The Balaban J connectivity index is 2.41. The minimum Gasteiger partial charge on any atom is -0.508 e. The number of esters is 1. The fourth-order valence-electron chi connectivity index (χ4n) is 5.93. The van der Waals surface area contributed by atoms with Crippen molar-refractivity contribution >= 4 is 23.3 Å². The first-order valence-electron chi connectivity index (χ1n) is 11.7. The maximum Gasteiger partial charge on any atom is 0.338 e. The summed E-state index contributed by atoms with van der Waals surface area (Å²) in [5, 5.41) is 33.5. The number of Topliss-reactive ketones (excluding diaryl/α,β-unsaturated/α-hetero) is 2. The van der Waals surface area contributed by atoms with Gasteiger partial charge in [0, 0.05) is 23.3 Å². The number of carbonyl (C=O) groups excluding carboxylic acids is 4. The van der Waals surface area contributed by atoms with Gasteiger partial charge < -0.3 is 20.1 Å². The molecule has 3 N–H and O–H groups in total. The lowest BCUT2D eigenvalue weighted by molar-refractivity contribution is -0.203. The van der Waals surface area contributed by atoms with Gasteiger partial charge in [0.15, 0.2) is 23.0 Å². The monoisotopic (exact) mass is 496 g/mol. The number of fused-ring (bicyclic) bond motifs is 3. The van der Waals surface area contributed by atoms with E-state index in [1.54, 1.807) is 38.2 Å². The number of carbonyl (C=O) groups is 4. The molecule has 192 valence electrons. The third-order valence-electron chi connectivity index (χ3n) is 7.68. The number of hydrogen-bond donors (Lipinski definition) is 3. The van der Waals surface area contributed by atoms with E-state index in [0.717, 1.165) is 0 Å². The molecule has 0 amide bonds. The highest BCUT2D eigenvalue weighted by Crippen LogP contribution is 2.64. The Labute approximate surface area is 210 Å². The number of hydrogen-bond acceptors (Lipinski definition) is 8. The van der Waals surface area contributed by atoms with Crippen molar-refractivity contribution in [2.75, 3.05) is 0 Å². The molecule has 3 saturated carbocycles. The van der Waals surface area contributed by atoms with Crippen LogP contribution in [0.15, 0.2) is 71.3 Å². The van der Waals surface area contributed by atoms with Crippen LogP contribution in [0.1, 0.15) is 41.5 Å². The van der Waals surface area contributed by atoms with Crippen LogP contribution in [0.2, 0.25) is 0 Å². The summed E-state index contributed by atoms with van der Waals surface area (Å²) >= 11 is 0. The average molecular weight is 497 g/mol. The smallest absolute Gasteiger partial charge is 0.338 e.